The molecule has 0 fully saturated rings. The lowest BCUT2D eigenvalue weighted by atomic mass is 10.4. The monoisotopic (exact) mass is 276 g/mol. The summed E-state index contributed by atoms with van der Waals surface area (Å²) in [7, 11) is -2.87. The first kappa shape index (κ1) is 16.7. The van der Waals surface area contributed by atoms with E-state index in [0.717, 1.165) is 7.05 Å². The molecule has 104 valence electrons. The summed E-state index contributed by atoms with van der Waals surface area (Å²) in [4.78, 5) is 0. The first-order chi connectivity index (χ1) is 7.54. The summed E-state index contributed by atoms with van der Waals surface area (Å²) in [5, 5.41) is 3.00. The minimum atomic E-state index is -4.50. The van der Waals surface area contributed by atoms with Gasteiger partial charge in [-0.2, -0.15) is 17.5 Å². The Labute approximate surface area is 100 Å². The van der Waals surface area contributed by atoms with Crippen LogP contribution in [0.5, 0.6) is 0 Å². The molecule has 0 aliphatic heterocycles. The van der Waals surface area contributed by atoms with Crippen molar-refractivity contribution in [3.63, 3.8) is 0 Å². The standard InChI is InChI=1S/C9H19F3N2O2S/c1-8(2)13-5-4-6-17(15,16)14(3)7-9(10,11)12/h8,13H,4-7H2,1-3H3. The number of halogens is 3. The first-order valence-corrected chi connectivity index (χ1v) is 6.89. The van der Waals surface area contributed by atoms with E-state index in [2.05, 4.69) is 5.32 Å². The van der Waals surface area contributed by atoms with Crippen molar-refractivity contribution in [3.8, 4) is 0 Å². The lowest BCUT2D eigenvalue weighted by Crippen LogP contribution is -2.38. The maximum atomic E-state index is 12.0. The predicted octanol–water partition coefficient (Wildman–Crippen LogP) is 1.20. The molecule has 0 atom stereocenters. The average molecular weight is 276 g/mol. The number of nitrogens with zero attached hydrogens (tertiary/aromatic N) is 1. The van der Waals surface area contributed by atoms with Gasteiger partial charge in [-0.05, 0) is 13.0 Å². The number of alkyl halides is 3. The van der Waals surface area contributed by atoms with E-state index >= 15 is 0 Å². The molecule has 0 rings (SSSR count). The highest BCUT2D eigenvalue weighted by atomic mass is 32.2. The Morgan fingerprint density at radius 3 is 2.24 bits per heavy atom. The van der Waals surface area contributed by atoms with Gasteiger partial charge in [-0.25, -0.2) is 8.42 Å². The second-order valence-corrected chi connectivity index (χ2v) is 6.35. The van der Waals surface area contributed by atoms with Gasteiger partial charge in [0.1, 0.15) is 6.54 Å². The number of sulfonamides is 1. The zero-order valence-electron chi connectivity index (χ0n) is 10.2. The van der Waals surface area contributed by atoms with E-state index in [1.165, 1.54) is 0 Å². The molecule has 1 N–H and O–H groups in total. The van der Waals surface area contributed by atoms with Crippen LogP contribution in [-0.4, -0.2) is 50.8 Å². The molecule has 0 heterocycles. The lowest BCUT2D eigenvalue weighted by Gasteiger charge is -2.18. The summed E-state index contributed by atoms with van der Waals surface area (Å²) in [6.45, 7) is 2.85. The molecule has 0 aromatic heterocycles. The maximum absolute atomic E-state index is 12.0. The molecule has 0 aromatic carbocycles. The normalized spacial score (nSPS) is 13.6. The summed E-state index contributed by atoms with van der Waals surface area (Å²) in [5.74, 6) is -0.278. The Kier molecular flexibility index (Phi) is 6.42. The van der Waals surface area contributed by atoms with Crippen molar-refractivity contribution in [2.24, 2.45) is 0 Å². The van der Waals surface area contributed by atoms with Gasteiger partial charge in [-0.15, -0.1) is 0 Å². The number of hydrogen-bond donors (Lipinski definition) is 1. The molecule has 0 saturated heterocycles. The molecule has 0 amide bonds. The maximum Gasteiger partial charge on any atom is 0.402 e. The zero-order valence-corrected chi connectivity index (χ0v) is 11.0. The SMILES string of the molecule is CC(C)NCCCS(=O)(=O)N(C)CC(F)(F)F. The molecule has 0 spiro atoms. The van der Waals surface area contributed by atoms with Crippen LogP contribution in [0.15, 0.2) is 0 Å². The van der Waals surface area contributed by atoms with Crippen molar-refractivity contribution >= 4 is 10.0 Å². The van der Waals surface area contributed by atoms with Crippen LogP contribution in [-0.2, 0) is 10.0 Å². The largest absolute Gasteiger partial charge is 0.402 e. The van der Waals surface area contributed by atoms with Crippen molar-refractivity contribution in [2.75, 3.05) is 25.9 Å². The fraction of sp³-hybridized carbons (Fsp3) is 1.00. The van der Waals surface area contributed by atoms with Crippen LogP contribution in [0.3, 0.4) is 0 Å². The van der Waals surface area contributed by atoms with Crippen molar-refractivity contribution in [1.29, 1.82) is 0 Å². The highest BCUT2D eigenvalue weighted by Gasteiger charge is 2.33. The Bertz CT molecular complexity index is 315. The molecule has 0 aliphatic rings. The molecule has 0 bridgehead atoms. The van der Waals surface area contributed by atoms with Crippen molar-refractivity contribution in [3.05, 3.63) is 0 Å². The zero-order chi connectivity index (χ0) is 13.7. The molecule has 0 aromatic rings. The minimum absolute atomic E-state index is 0.227. The van der Waals surface area contributed by atoms with E-state index < -0.39 is 22.7 Å². The Morgan fingerprint density at radius 2 is 1.82 bits per heavy atom. The van der Waals surface area contributed by atoms with E-state index in [1.54, 1.807) is 0 Å². The third-order valence-electron chi connectivity index (χ3n) is 2.01. The van der Waals surface area contributed by atoms with Gasteiger partial charge in [0.25, 0.3) is 0 Å². The summed E-state index contributed by atoms with van der Waals surface area (Å²) in [5.41, 5.74) is 0. The topological polar surface area (TPSA) is 49.4 Å². The number of nitrogens with one attached hydrogen (secondary N) is 1. The molecule has 0 unspecified atom stereocenters. The molecular weight excluding hydrogens is 257 g/mol. The summed E-state index contributed by atoms with van der Waals surface area (Å²) in [6, 6.07) is 0.227. The second-order valence-electron chi connectivity index (χ2n) is 4.15. The van der Waals surface area contributed by atoms with E-state index in [-0.39, 0.29) is 11.8 Å². The molecule has 0 saturated carbocycles. The van der Waals surface area contributed by atoms with E-state index in [1.807, 2.05) is 13.8 Å². The first-order valence-electron chi connectivity index (χ1n) is 5.29. The highest BCUT2D eigenvalue weighted by Crippen LogP contribution is 2.17. The Morgan fingerprint density at radius 1 is 1.29 bits per heavy atom. The fourth-order valence-electron chi connectivity index (χ4n) is 1.15. The lowest BCUT2D eigenvalue weighted by molar-refractivity contribution is -0.134. The van der Waals surface area contributed by atoms with Gasteiger partial charge in [0.15, 0.2) is 0 Å². The summed E-state index contributed by atoms with van der Waals surface area (Å²) < 4.78 is 59.3. The van der Waals surface area contributed by atoms with Gasteiger partial charge in [-0.1, -0.05) is 13.8 Å². The van der Waals surface area contributed by atoms with Gasteiger partial charge >= 0.3 is 6.18 Å². The fourth-order valence-corrected chi connectivity index (χ4v) is 2.32. The average Bonchev–Trinajstić information content (AvgIpc) is 2.09. The number of rotatable bonds is 7. The van der Waals surface area contributed by atoms with Gasteiger partial charge in [0.2, 0.25) is 10.0 Å². The van der Waals surface area contributed by atoms with Crippen LogP contribution in [0.1, 0.15) is 20.3 Å². The third-order valence-corrected chi connectivity index (χ3v) is 3.89. The second kappa shape index (κ2) is 6.55. The quantitative estimate of drug-likeness (QED) is 0.711. The van der Waals surface area contributed by atoms with Crippen LogP contribution < -0.4 is 5.32 Å². The van der Waals surface area contributed by atoms with Crippen LogP contribution >= 0.6 is 0 Å². The number of hydrogen-bond acceptors (Lipinski definition) is 3. The molecule has 0 radical (unpaired) electrons. The smallest absolute Gasteiger partial charge is 0.314 e. The van der Waals surface area contributed by atoms with Crippen molar-refractivity contribution < 1.29 is 21.6 Å². The van der Waals surface area contributed by atoms with Crippen molar-refractivity contribution in [1.82, 2.24) is 9.62 Å². The molecule has 0 aliphatic carbocycles. The van der Waals surface area contributed by atoms with Gasteiger partial charge in [0, 0.05) is 13.1 Å². The van der Waals surface area contributed by atoms with E-state index in [0.29, 0.717) is 17.3 Å². The van der Waals surface area contributed by atoms with E-state index in [4.69, 9.17) is 0 Å². The summed E-state index contributed by atoms with van der Waals surface area (Å²) in [6.07, 6.45) is -4.21. The van der Waals surface area contributed by atoms with Crippen LogP contribution in [0.4, 0.5) is 13.2 Å². The van der Waals surface area contributed by atoms with Crippen LogP contribution in [0, 0.1) is 0 Å². The molecule has 8 heteroatoms. The minimum Gasteiger partial charge on any atom is -0.314 e. The van der Waals surface area contributed by atoms with Gasteiger partial charge in [0.05, 0.1) is 5.75 Å². The molecular formula is C9H19F3N2O2S. The third kappa shape index (κ3) is 8.39. The summed E-state index contributed by atoms with van der Waals surface area (Å²) >= 11 is 0. The molecule has 17 heavy (non-hydrogen) atoms. The van der Waals surface area contributed by atoms with Crippen molar-refractivity contribution in [2.45, 2.75) is 32.5 Å². The Hall–Kier alpha value is -0.340. The highest BCUT2D eigenvalue weighted by molar-refractivity contribution is 7.89. The van der Waals surface area contributed by atoms with Gasteiger partial charge < -0.3 is 5.32 Å². The predicted molar refractivity (Wildman–Crippen MR) is 60.2 cm³/mol. The van der Waals surface area contributed by atoms with Crippen LogP contribution in [0.25, 0.3) is 0 Å². The van der Waals surface area contributed by atoms with Crippen LogP contribution in [0.2, 0.25) is 0 Å². The van der Waals surface area contributed by atoms with Gasteiger partial charge in [-0.3, -0.25) is 0 Å². The molecule has 4 nitrogen and oxygen atoms in total. The Balaban J connectivity index is 4.11. The van der Waals surface area contributed by atoms with E-state index in [9.17, 15) is 21.6 Å².